The smallest absolute Gasteiger partial charge is 0.227 e. The average molecular weight is 299 g/mol. The summed E-state index contributed by atoms with van der Waals surface area (Å²) >= 11 is 1.64. The van der Waals surface area contributed by atoms with Gasteiger partial charge in [0.15, 0.2) is 0 Å². The van der Waals surface area contributed by atoms with Crippen LogP contribution >= 0.6 is 11.3 Å². The highest BCUT2D eigenvalue weighted by molar-refractivity contribution is 7.08. The number of oxazole rings is 1. The van der Waals surface area contributed by atoms with Crippen LogP contribution in [0.25, 0.3) is 11.5 Å². The Balaban J connectivity index is 1.68. The number of nitrogens with one attached hydrogen (secondary N) is 1. The third-order valence-corrected chi connectivity index (χ3v) is 4.13. The maximum atomic E-state index is 5.74. The van der Waals surface area contributed by atoms with E-state index in [1.165, 1.54) is 5.56 Å². The predicted octanol–water partition coefficient (Wildman–Crippen LogP) is 3.96. The summed E-state index contributed by atoms with van der Waals surface area (Å²) in [5, 5.41) is 7.54. The largest absolute Gasteiger partial charge is 0.441 e. The maximum absolute atomic E-state index is 5.74. The first kappa shape index (κ1) is 14.0. The number of rotatable bonds is 5. The fraction of sp³-hybridized carbons (Fsp3) is 0.250. The fourth-order valence-electron chi connectivity index (χ4n) is 2.12. The van der Waals surface area contributed by atoms with E-state index < -0.39 is 0 Å². The van der Waals surface area contributed by atoms with E-state index in [2.05, 4.69) is 22.2 Å². The molecule has 0 aliphatic rings. The second kappa shape index (κ2) is 6.20. The van der Waals surface area contributed by atoms with Crippen LogP contribution in [0.2, 0.25) is 0 Å². The Hall–Kier alpha value is -1.98. The van der Waals surface area contributed by atoms with Crippen molar-refractivity contribution in [2.75, 3.05) is 0 Å². The molecule has 21 heavy (non-hydrogen) atoms. The van der Waals surface area contributed by atoms with Gasteiger partial charge in [0.25, 0.3) is 0 Å². The number of hydrogen-bond acceptors (Lipinski definition) is 5. The lowest BCUT2D eigenvalue weighted by atomic mass is 10.1. The number of thiophene rings is 1. The molecule has 0 aromatic carbocycles. The van der Waals surface area contributed by atoms with Gasteiger partial charge in [0.05, 0.1) is 5.69 Å². The molecule has 0 radical (unpaired) electrons. The second-order valence-electron chi connectivity index (χ2n) is 4.92. The molecule has 3 heterocycles. The molecule has 3 aromatic heterocycles. The van der Waals surface area contributed by atoms with Crippen LogP contribution in [0, 0.1) is 6.92 Å². The van der Waals surface area contributed by atoms with E-state index in [9.17, 15) is 0 Å². The highest BCUT2D eigenvalue weighted by atomic mass is 32.1. The molecule has 0 aliphatic carbocycles. The Labute approximate surface area is 127 Å². The Morgan fingerprint density at radius 3 is 2.81 bits per heavy atom. The predicted molar refractivity (Wildman–Crippen MR) is 84.0 cm³/mol. The lowest BCUT2D eigenvalue weighted by Gasteiger charge is -2.12. The van der Waals surface area contributed by atoms with Crippen molar-refractivity contribution < 1.29 is 4.42 Å². The van der Waals surface area contributed by atoms with Gasteiger partial charge in [-0.1, -0.05) is 0 Å². The van der Waals surface area contributed by atoms with Gasteiger partial charge in [-0.3, -0.25) is 4.98 Å². The molecular weight excluding hydrogens is 282 g/mol. The standard InChI is InChI=1S/C16H17N3OS/c1-11(13-3-6-17-7-4-13)18-9-15-12(2)20-16(19-15)14-5-8-21-10-14/h3-8,10-11,18H,9H2,1-2H3/t11-/m0/s1. The van der Waals surface area contributed by atoms with Gasteiger partial charge in [-0.05, 0) is 43.0 Å². The van der Waals surface area contributed by atoms with Crippen LogP contribution in [0.1, 0.15) is 30.0 Å². The first-order valence-electron chi connectivity index (χ1n) is 6.86. The van der Waals surface area contributed by atoms with Gasteiger partial charge in [0.1, 0.15) is 5.76 Å². The van der Waals surface area contributed by atoms with Gasteiger partial charge >= 0.3 is 0 Å². The zero-order valence-electron chi connectivity index (χ0n) is 12.0. The van der Waals surface area contributed by atoms with Crippen molar-refractivity contribution in [3.8, 4) is 11.5 Å². The molecule has 0 unspecified atom stereocenters. The van der Waals surface area contributed by atoms with Crippen molar-refractivity contribution in [3.05, 3.63) is 58.4 Å². The first-order chi connectivity index (χ1) is 10.2. The summed E-state index contributed by atoms with van der Waals surface area (Å²) in [7, 11) is 0. The maximum Gasteiger partial charge on any atom is 0.227 e. The molecule has 1 N–H and O–H groups in total. The van der Waals surface area contributed by atoms with Gasteiger partial charge in [-0.2, -0.15) is 11.3 Å². The van der Waals surface area contributed by atoms with E-state index in [-0.39, 0.29) is 6.04 Å². The summed E-state index contributed by atoms with van der Waals surface area (Å²) in [5.41, 5.74) is 3.21. The molecule has 0 bridgehead atoms. The van der Waals surface area contributed by atoms with Gasteiger partial charge in [-0.25, -0.2) is 4.98 Å². The molecule has 108 valence electrons. The SMILES string of the molecule is Cc1oc(-c2ccsc2)nc1CN[C@@H](C)c1ccncc1. The number of aryl methyl sites for hydroxylation is 1. The number of pyridine rings is 1. The molecular formula is C16H17N3OS. The fourth-order valence-corrected chi connectivity index (χ4v) is 2.75. The Morgan fingerprint density at radius 1 is 1.29 bits per heavy atom. The van der Waals surface area contributed by atoms with Crippen molar-refractivity contribution in [1.82, 2.24) is 15.3 Å². The van der Waals surface area contributed by atoms with Gasteiger partial charge in [0.2, 0.25) is 5.89 Å². The van der Waals surface area contributed by atoms with Gasteiger partial charge in [0, 0.05) is 35.9 Å². The van der Waals surface area contributed by atoms with Gasteiger partial charge in [-0.15, -0.1) is 0 Å². The molecule has 0 spiro atoms. The van der Waals surface area contributed by atoms with Crippen LogP contribution in [-0.4, -0.2) is 9.97 Å². The monoisotopic (exact) mass is 299 g/mol. The van der Waals surface area contributed by atoms with Gasteiger partial charge < -0.3 is 9.73 Å². The molecule has 0 aliphatic heterocycles. The van der Waals surface area contributed by atoms with E-state index in [1.807, 2.05) is 48.3 Å². The van der Waals surface area contributed by atoms with Crippen molar-refractivity contribution in [1.29, 1.82) is 0 Å². The van der Waals surface area contributed by atoms with Crippen molar-refractivity contribution in [2.45, 2.75) is 26.4 Å². The van der Waals surface area contributed by atoms with Crippen molar-refractivity contribution in [2.24, 2.45) is 0 Å². The summed E-state index contributed by atoms with van der Waals surface area (Å²) in [6, 6.07) is 6.30. The Kier molecular flexibility index (Phi) is 4.13. The molecule has 0 saturated heterocycles. The average Bonchev–Trinajstić information content (AvgIpc) is 3.15. The third-order valence-electron chi connectivity index (χ3n) is 3.44. The number of hydrogen-bond donors (Lipinski definition) is 1. The molecule has 0 saturated carbocycles. The molecule has 3 rings (SSSR count). The minimum absolute atomic E-state index is 0.244. The van der Waals surface area contributed by atoms with Crippen LogP contribution < -0.4 is 5.32 Å². The minimum atomic E-state index is 0.244. The minimum Gasteiger partial charge on any atom is -0.441 e. The summed E-state index contributed by atoms with van der Waals surface area (Å²) in [6.45, 7) is 4.77. The molecule has 0 fully saturated rings. The number of aromatic nitrogens is 2. The summed E-state index contributed by atoms with van der Waals surface area (Å²) in [4.78, 5) is 8.62. The quantitative estimate of drug-likeness (QED) is 0.775. The molecule has 0 amide bonds. The van der Waals surface area contributed by atoms with E-state index in [0.29, 0.717) is 12.4 Å². The molecule has 4 nitrogen and oxygen atoms in total. The van der Waals surface area contributed by atoms with Crippen LogP contribution in [0.5, 0.6) is 0 Å². The van der Waals surface area contributed by atoms with Crippen LogP contribution in [0.4, 0.5) is 0 Å². The Bertz CT molecular complexity index is 692. The third kappa shape index (κ3) is 3.20. The zero-order valence-corrected chi connectivity index (χ0v) is 12.9. The van der Waals surface area contributed by atoms with E-state index in [4.69, 9.17) is 4.42 Å². The zero-order chi connectivity index (χ0) is 14.7. The topological polar surface area (TPSA) is 51.0 Å². The van der Waals surface area contributed by atoms with E-state index in [1.54, 1.807) is 11.3 Å². The van der Waals surface area contributed by atoms with Crippen molar-refractivity contribution >= 4 is 11.3 Å². The van der Waals surface area contributed by atoms with E-state index >= 15 is 0 Å². The first-order valence-corrected chi connectivity index (χ1v) is 7.80. The highest BCUT2D eigenvalue weighted by Crippen LogP contribution is 2.24. The lowest BCUT2D eigenvalue weighted by molar-refractivity contribution is 0.528. The van der Waals surface area contributed by atoms with Crippen LogP contribution in [0.15, 0.2) is 45.8 Å². The summed E-state index contributed by atoms with van der Waals surface area (Å²) in [6.07, 6.45) is 3.62. The van der Waals surface area contributed by atoms with E-state index in [0.717, 1.165) is 17.0 Å². The molecule has 5 heteroatoms. The Morgan fingerprint density at radius 2 is 2.10 bits per heavy atom. The second-order valence-corrected chi connectivity index (χ2v) is 5.70. The summed E-state index contributed by atoms with van der Waals surface area (Å²) in [5.74, 6) is 1.56. The van der Waals surface area contributed by atoms with Crippen LogP contribution in [-0.2, 0) is 6.54 Å². The highest BCUT2D eigenvalue weighted by Gasteiger charge is 2.13. The molecule has 3 aromatic rings. The van der Waals surface area contributed by atoms with Crippen molar-refractivity contribution in [3.63, 3.8) is 0 Å². The number of nitrogens with zero attached hydrogens (tertiary/aromatic N) is 2. The summed E-state index contributed by atoms with van der Waals surface area (Å²) < 4.78 is 5.74. The normalized spacial score (nSPS) is 12.5. The van der Waals surface area contributed by atoms with Crippen LogP contribution in [0.3, 0.4) is 0 Å². The lowest BCUT2D eigenvalue weighted by Crippen LogP contribution is -2.18. The molecule has 1 atom stereocenters.